The molecule has 1 saturated carbocycles. The maximum Gasteiger partial charge on any atom is 0.265 e. The van der Waals surface area contributed by atoms with Crippen LogP contribution >= 0.6 is 24.0 Å². The number of rotatable bonds is 8. The number of hydrogen-bond acceptors (Lipinski definition) is 4. The Morgan fingerprint density at radius 3 is 2.67 bits per heavy atom. The van der Waals surface area contributed by atoms with E-state index in [1.807, 2.05) is 24.3 Å². The summed E-state index contributed by atoms with van der Waals surface area (Å²) in [6, 6.07) is 7.67. The Kier molecular flexibility index (Phi) is 11.3. The van der Waals surface area contributed by atoms with Gasteiger partial charge in [-0.15, -0.1) is 24.0 Å². The van der Waals surface area contributed by atoms with E-state index in [1.54, 1.807) is 11.9 Å². The number of hydrogen-bond donors (Lipinski definition) is 2. The van der Waals surface area contributed by atoms with Crippen molar-refractivity contribution in [2.24, 2.45) is 4.99 Å². The van der Waals surface area contributed by atoms with Crippen molar-refractivity contribution in [2.45, 2.75) is 51.0 Å². The molecule has 0 saturated heterocycles. The van der Waals surface area contributed by atoms with E-state index < -0.39 is 0 Å². The summed E-state index contributed by atoms with van der Waals surface area (Å²) in [6.45, 7) is 2.93. The van der Waals surface area contributed by atoms with Crippen molar-refractivity contribution < 1.29 is 14.3 Å². The quantitative estimate of drug-likeness (QED) is 0.177. The van der Waals surface area contributed by atoms with Gasteiger partial charge in [-0.25, -0.2) is 0 Å². The first-order valence-corrected chi connectivity index (χ1v) is 10.9. The minimum atomic E-state index is 0. The molecule has 0 radical (unpaired) electrons. The average Bonchev–Trinajstić information content (AvgIpc) is 3.02. The third kappa shape index (κ3) is 7.61. The first kappa shape index (κ1) is 24.7. The molecule has 1 aromatic rings. The lowest BCUT2D eigenvalue weighted by Crippen LogP contribution is -2.42. The third-order valence-corrected chi connectivity index (χ3v) is 5.43. The van der Waals surface area contributed by atoms with E-state index in [1.165, 1.54) is 38.5 Å². The first-order valence-electron chi connectivity index (χ1n) is 10.9. The predicted molar refractivity (Wildman–Crippen MR) is 131 cm³/mol. The Balaban J connectivity index is 0.00000320. The van der Waals surface area contributed by atoms with Crippen LogP contribution in [0.1, 0.15) is 44.9 Å². The molecule has 1 amide bonds. The van der Waals surface area contributed by atoms with Crippen LogP contribution in [-0.4, -0.2) is 57.9 Å². The highest BCUT2D eigenvalue weighted by Crippen LogP contribution is 2.31. The molecule has 0 bridgehead atoms. The van der Waals surface area contributed by atoms with E-state index in [0.717, 1.165) is 36.9 Å². The summed E-state index contributed by atoms with van der Waals surface area (Å²) in [7, 11) is 1.77. The average molecular weight is 530 g/mol. The fourth-order valence-corrected chi connectivity index (χ4v) is 3.87. The second kappa shape index (κ2) is 13.7. The van der Waals surface area contributed by atoms with E-state index in [2.05, 4.69) is 15.6 Å². The number of benzene rings is 1. The Bertz CT molecular complexity index is 678. The van der Waals surface area contributed by atoms with Crippen molar-refractivity contribution >= 4 is 41.5 Å². The molecule has 2 N–H and O–H groups in total. The Morgan fingerprint density at radius 1 is 1.17 bits per heavy atom. The Labute approximate surface area is 197 Å². The van der Waals surface area contributed by atoms with Crippen LogP contribution in [0, 0.1) is 0 Å². The molecule has 1 fully saturated rings. The Hall–Kier alpha value is -1.55. The van der Waals surface area contributed by atoms with Crippen LogP contribution in [0.15, 0.2) is 29.3 Å². The number of fused-ring (bicyclic) bond motifs is 1. The number of guanidine groups is 1. The van der Waals surface area contributed by atoms with E-state index in [9.17, 15) is 4.79 Å². The number of aliphatic imine (C=N–C) groups is 1. The van der Waals surface area contributed by atoms with Gasteiger partial charge < -0.3 is 25.0 Å². The van der Waals surface area contributed by atoms with Gasteiger partial charge in [-0.3, -0.25) is 9.79 Å². The van der Waals surface area contributed by atoms with Crippen LogP contribution in [0.25, 0.3) is 0 Å². The predicted octanol–water partition coefficient (Wildman–Crippen LogP) is 3.32. The van der Waals surface area contributed by atoms with Crippen LogP contribution in [-0.2, 0) is 9.53 Å². The van der Waals surface area contributed by atoms with Gasteiger partial charge in [0.2, 0.25) is 0 Å². The van der Waals surface area contributed by atoms with Gasteiger partial charge in [-0.1, -0.05) is 37.8 Å². The van der Waals surface area contributed by atoms with Gasteiger partial charge in [0.05, 0.1) is 18.4 Å². The fourth-order valence-electron chi connectivity index (χ4n) is 3.87. The van der Waals surface area contributed by atoms with Crippen molar-refractivity contribution in [2.75, 3.05) is 44.8 Å². The lowest BCUT2D eigenvalue weighted by molar-refractivity contribution is -0.121. The third-order valence-electron chi connectivity index (χ3n) is 5.43. The van der Waals surface area contributed by atoms with Crippen molar-refractivity contribution in [1.29, 1.82) is 0 Å². The standard InChI is InChI=1S/C22H34N4O3.HI/c1-23-22(25-14-16-28-18-9-4-2-3-5-10-18)24-13-8-15-26-19-11-6-7-12-20(19)29-17-21(26)27;/h6-7,11-12,18H,2-5,8-10,13-17H2,1H3,(H2,23,24,25);1H. The molecule has 7 nitrogen and oxygen atoms in total. The minimum Gasteiger partial charge on any atom is -0.482 e. The van der Waals surface area contributed by atoms with Gasteiger partial charge >= 0.3 is 0 Å². The summed E-state index contributed by atoms with van der Waals surface area (Å²) >= 11 is 0. The first-order chi connectivity index (χ1) is 14.3. The van der Waals surface area contributed by atoms with Crippen LogP contribution in [0.4, 0.5) is 5.69 Å². The van der Waals surface area contributed by atoms with Crippen LogP contribution in [0.2, 0.25) is 0 Å². The normalized spacial score (nSPS) is 17.4. The summed E-state index contributed by atoms with van der Waals surface area (Å²) < 4.78 is 11.5. The molecule has 0 atom stereocenters. The second-order valence-electron chi connectivity index (χ2n) is 7.57. The molecule has 0 unspecified atom stereocenters. The van der Waals surface area contributed by atoms with Gasteiger partial charge in [0.25, 0.3) is 5.91 Å². The maximum atomic E-state index is 12.2. The van der Waals surface area contributed by atoms with Crippen LogP contribution < -0.4 is 20.3 Å². The van der Waals surface area contributed by atoms with Crippen molar-refractivity contribution in [1.82, 2.24) is 10.6 Å². The van der Waals surface area contributed by atoms with Crippen LogP contribution in [0.3, 0.4) is 0 Å². The molecule has 8 heteroatoms. The van der Waals surface area contributed by atoms with E-state index >= 15 is 0 Å². The van der Waals surface area contributed by atoms with Gasteiger partial charge in [0.1, 0.15) is 5.75 Å². The molecule has 30 heavy (non-hydrogen) atoms. The van der Waals surface area contributed by atoms with Crippen LogP contribution in [0.5, 0.6) is 5.75 Å². The van der Waals surface area contributed by atoms with Crippen molar-refractivity contribution in [3.8, 4) is 5.75 Å². The van der Waals surface area contributed by atoms with Gasteiger partial charge in [0, 0.05) is 26.7 Å². The van der Waals surface area contributed by atoms with E-state index in [-0.39, 0.29) is 36.5 Å². The van der Waals surface area contributed by atoms with Crippen molar-refractivity contribution in [3.63, 3.8) is 0 Å². The molecule has 0 spiro atoms. The maximum absolute atomic E-state index is 12.2. The molecular formula is C22H35IN4O3. The molecule has 0 aromatic heterocycles. The summed E-state index contributed by atoms with van der Waals surface area (Å²) in [5.74, 6) is 1.54. The van der Waals surface area contributed by atoms with E-state index in [0.29, 0.717) is 19.3 Å². The zero-order valence-electron chi connectivity index (χ0n) is 17.9. The molecule has 168 valence electrons. The number of anilines is 1. The number of amides is 1. The number of halogens is 1. The summed E-state index contributed by atoms with van der Waals surface area (Å²) in [5.41, 5.74) is 0.849. The molecule has 3 rings (SSSR count). The van der Waals surface area contributed by atoms with Crippen molar-refractivity contribution in [3.05, 3.63) is 24.3 Å². The van der Waals surface area contributed by atoms with Gasteiger partial charge in [-0.05, 0) is 31.4 Å². The summed E-state index contributed by atoms with van der Waals surface area (Å²) in [5, 5.41) is 6.61. The molecule has 1 heterocycles. The minimum absolute atomic E-state index is 0. The monoisotopic (exact) mass is 530 g/mol. The highest BCUT2D eigenvalue weighted by atomic mass is 127. The lowest BCUT2D eigenvalue weighted by atomic mass is 10.1. The SMILES string of the molecule is CN=C(NCCCN1C(=O)COc2ccccc21)NCCOC1CCCCCC1.I. The second-order valence-corrected chi connectivity index (χ2v) is 7.57. The lowest BCUT2D eigenvalue weighted by Gasteiger charge is -2.29. The Morgan fingerprint density at radius 2 is 1.90 bits per heavy atom. The number of para-hydroxylation sites is 2. The highest BCUT2D eigenvalue weighted by Gasteiger charge is 2.24. The molecule has 2 aliphatic rings. The van der Waals surface area contributed by atoms with Gasteiger partial charge in [0.15, 0.2) is 12.6 Å². The number of nitrogens with zero attached hydrogens (tertiary/aromatic N) is 2. The number of ether oxygens (including phenoxy) is 2. The molecule has 1 aromatic carbocycles. The zero-order valence-corrected chi connectivity index (χ0v) is 20.2. The summed E-state index contributed by atoms with van der Waals surface area (Å²) in [6.07, 6.45) is 8.89. The fraction of sp³-hybridized carbons (Fsp3) is 0.636. The topological polar surface area (TPSA) is 75.2 Å². The highest BCUT2D eigenvalue weighted by molar-refractivity contribution is 14.0. The zero-order chi connectivity index (χ0) is 20.3. The number of carbonyl (C=O) groups is 1. The molecule has 1 aliphatic heterocycles. The molecule has 1 aliphatic carbocycles. The summed E-state index contributed by atoms with van der Waals surface area (Å²) in [4.78, 5) is 18.3. The number of carbonyl (C=O) groups excluding carboxylic acids is 1. The number of nitrogens with one attached hydrogen (secondary N) is 2. The molecular weight excluding hydrogens is 495 g/mol. The largest absolute Gasteiger partial charge is 0.482 e. The van der Waals surface area contributed by atoms with Gasteiger partial charge in [-0.2, -0.15) is 0 Å². The van der Waals surface area contributed by atoms with E-state index in [4.69, 9.17) is 9.47 Å². The smallest absolute Gasteiger partial charge is 0.265 e.